The molecule has 1 unspecified atom stereocenters. The Balaban J connectivity index is 1.27. The standard InChI is InChI=1S/C26H36N2O4/c1-17(29)27-24-25(2,3)19-15-21-23(32-13-10-26(21,24)16-19)18-6-8-20(9-7-18)31-14-12-28-11-4-5-22(28)30/h6-9,19,21,23-24H,4-5,10-16H2,1-3H3,(H,27,29)/t19-,21-,23-,24+,26?/m1/s1. The van der Waals surface area contributed by atoms with Gasteiger partial charge in [-0.1, -0.05) is 26.0 Å². The second kappa shape index (κ2) is 8.05. The minimum Gasteiger partial charge on any atom is -0.492 e. The molecule has 2 aliphatic heterocycles. The number of carbonyl (C=O) groups is 2. The van der Waals surface area contributed by atoms with Crippen LogP contribution in [0.4, 0.5) is 0 Å². The fourth-order valence-electron chi connectivity index (χ4n) is 7.29. The van der Waals surface area contributed by atoms with E-state index in [0.29, 0.717) is 31.4 Å². The van der Waals surface area contributed by atoms with E-state index in [9.17, 15) is 9.59 Å². The molecule has 6 heteroatoms. The molecule has 2 saturated carbocycles. The molecule has 5 atom stereocenters. The maximum Gasteiger partial charge on any atom is 0.222 e. The van der Waals surface area contributed by atoms with Gasteiger partial charge in [0.2, 0.25) is 11.8 Å². The first kappa shape index (κ1) is 21.7. The number of likely N-dealkylation sites (tertiary alicyclic amines) is 1. The van der Waals surface area contributed by atoms with E-state index in [1.54, 1.807) is 6.92 Å². The minimum absolute atomic E-state index is 0.0670. The van der Waals surface area contributed by atoms with Crippen LogP contribution in [-0.4, -0.2) is 49.1 Å². The number of ether oxygens (including phenoxy) is 2. The van der Waals surface area contributed by atoms with Crippen LogP contribution in [0.5, 0.6) is 5.75 Å². The van der Waals surface area contributed by atoms with Crippen molar-refractivity contribution >= 4 is 11.8 Å². The van der Waals surface area contributed by atoms with Gasteiger partial charge in [0.25, 0.3) is 0 Å². The highest BCUT2D eigenvalue weighted by molar-refractivity contribution is 5.78. The summed E-state index contributed by atoms with van der Waals surface area (Å²) in [7, 11) is 0. The summed E-state index contributed by atoms with van der Waals surface area (Å²) in [6.07, 6.45) is 5.06. The van der Waals surface area contributed by atoms with Crippen molar-refractivity contribution in [1.29, 1.82) is 0 Å². The summed E-state index contributed by atoms with van der Waals surface area (Å²) in [5, 5.41) is 3.34. The fourth-order valence-corrected chi connectivity index (χ4v) is 7.29. The molecule has 0 radical (unpaired) electrons. The largest absolute Gasteiger partial charge is 0.492 e. The van der Waals surface area contributed by atoms with Crippen LogP contribution in [-0.2, 0) is 14.3 Å². The van der Waals surface area contributed by atoms with Crippen molar-refractivity contribution < 1.29 is 19.1 Å². The Hall–Kier alpha value is -2.08. The van der Waals surface area contributed by atoms with Crippen molar-refractivity contribution in [3.05, 3.63) is 29.8 Å². The Labute approximate surface area is 191 Å². The highest BCUT2D eigenvalue weighted by atomic mass is 16.5. The lowest BCUT2D eigenvalue weighted by atomic mass is 9.59. The Morgan fingerprint density at radius 2 is 2.06 bits per heavy atom. The summed E-state index contributed by atoms with van der Waals surface area (Å²) in [6, 6.07) is 8.51. The number of hydrogen-bond donors (Lipinski definition) is 1. The molecule has 5 rings (SSSR count). The molecule has 174 valence electrons. The molecule has 6 nitrogen and oxygen atoms in total. The number of nitrogens with one attached hydrogen (secondary N) is 1. The van der Waals surface area contributed by atoms with E-state index in [1.165, 1.54) is 12.0 Å². The quantitative estimate of drug-likeness (QED) is 0.732. The molecule has 1 N–H and O–H groups in total. The van der Waals surface area contributed by atoms with E-state index < -0.39 is 0 Å². The third-order valence-corrected chi connectivity index (χ3v) is 8.86. The van der Waals surface area contributed by atoms with Gasteiger partial charge in [0, 0.05) is 32.5 Å². The second-order valence-corrected chi connectivity index (χ2v) is 10.9. The van der Waals surface area contributed by atoms with Gasteiger partial charge in [-0.2, -0.15) is 0 Å². The normalized spacial score (nSPS) is 35.1. The SMILES string of the molecule is CC(=O)N[C@H]1C(C)(C)[C@@H]2C[C@@H]3[C@@H](c4ccc(OCCN5CCCC5=O)cc4)OCCC31C2. The third-order valence-electron chi connectivity index (χ3n) is 8.86. The first-order valence-electron chi connectivity index (χ1n) is 12.2. The van der Waals surface area contributed by atoms with E-state index in [-0.39, 0.29) is 34.8 Å². The molecule has 4 aliphatic rings. The lowest BCUT2D eigenvalue weighted by Gasteiger charge is -2.53. The number of benzene rings is 1. The summed E-state index contributed by atoms with van der Waals surface area (Å²) in [5.74, 6) is 2.18. The number of carbonyl (C=O) groups excluding carboxylic acids is 2. The van der Waals surface area contributed by atoms with Gasteiger partial charge in [-0.25, -0.2) is 0 Å². The molecule has 2 aliphatic carbocycles. The molecule has 32 heavy (non-hydrogen) atoms. The molecule has 1 aromatic carbocycles. The highest BCUT2D eigenvalue weighted by Crippen LogP contribution is 2.70. The number of hydrogen-bond acceptors (Lipinski definition) is 4. The predicted octanol–water partition coefficient (Wildman–Crippen LogP) is 3.71. The number of fused-ring (bicyclic) bond motifs is 1. The van der Waals surface area contributed by atoms with Gasteiger partial charge in [0.05, 0.1) is 12.6 Å². The van der Waals surface area contributed by atoms with Gasteiger partial charge in [-0.15, -0.1) is 0 Å². The third kappa shape index (κ3) is 3.51. The zero-order chi connectivity index (χ0) is 22.5. The Kier molecular flexibility index (Phi) is 5.47. The molecule has 4 fully saturated rings. The Morgan fingerprint density at radius 3 is 2.75 bits per heavy atom. The zero-order valence-electron chi connectivity index (χ0n) is 19.6. The van der Waals surface area contributed by atoms with Crippen molar-refractivity contribution in [2.75, 3.05) is 26.3 Å². The molecule has 1 aromatic rings. The van der Waals surface area contributed by atoms with Crippen LogP contribution in [0.15, 0.2) is 24.3 Å². The van der Waals surface area contributed by atoms with Crippen LogP contribution in [0.1, 0.15) is 64.5 Å². The van der Waals surface area contributed by atoms with E-state index in [0.717, 1.165) is 38.2 Å². The maximum absolute atomic E-state index is 12.0. The van der Waals surface area contributed by atoms with Crippen LogP contribution in [0.3, 0.4) is 0 Å². The van der Waals surface area contributed by atoms with E-state index in [2.05, 4.69) is 31.3 Å². The van der Waals surface area contributed by atoms with Gasteiger partial charge in [0.15, 0.2) is 0 Å². The monoisotopic (exact) mass is 440 g/mol. The molecule has 1 spiro atoms. The molecule has 2 heterocycles. The molecule has 2 saturated heterocycles. The first-order valence-corrected chi connectivity index (χ1v) is 12.2. The minimum atomic E-state index is 0.0670. The van der Waals surface area contributed by atoms with E-state index in [4.69, 9.17) is 9.47 Å². The summed E-state index contributed by atoms with van der Waals surface area (Å²) in [6.45, 7) is 9.06. The van der Waals surface area contributed by atoms with E-state index in [1.807, 2.05) is 17.0 Å². The lowest BCUT2D eigenvalue weighted by molar-refractivity contribution is -0.136. The van der Waals surface area contributed by atoms with Crippen LogP contribution in [0, 0.1) is 22.7 Å². The molecule has 2 amide bonds. The molecular weight excluding hydrogens is 404 g/mol. The predicted molar refractivity (Wildman–Crippen MR) is 121 cm³/mol. The smallest absolute Gasteiger partial charge is 0.222 e. The fraction of sp³-hybridized carbons (Fsp3) is 0.692. The van der Waals surface area contributed by atoms with Gasteiger partial charge in [0.1, 0.15) is 12.4 Å². The molecule has 2 bridgehead atoms. The number of amides is 2. The van der Waals surface area contributed by atoms with Crippen molar-refractivity contribution in [3.8, 4) is 5.75 Å². The van der Waals surface area contributed by atoms with Crippen molar-refractivity contribution in [1.82, 2.24) is 10.2 Å². The average Bonchev–Trinajstić information content (AvgIpc) is 3.41. The van der Waals surface area contributed by atoms with Gasteiger partial charge >= 0.3 is 0 Å². The van der Waals surface area contributed by atoms with Gasteiger partial charge in [-0.3, -0.25) is 9.59 Å². The highest BCUT2D eigenvalue weighted by Gasteiger charge is 2.68. The Bertz CT molecular complexity index is 882. The van der Waals surface area contributed by atoms with Crippen molar-refractivity contribution in [2.45, 2.75) is 65.0 Å². The summed E-state index contributed by atoms with van der Waals surface area (Å²) >= 11 is 0. The van der Waals surface area contributed by atoms with Crippen molar-refractivity contribution in [3.63, 3.8) is 0 Å². The zero-order valence-corrected chi connectivity index (χ0v) is 19.6. The summed E-state index contributed by atoms with van der Waals surface area (Å²) in [4.78, 5) is 25.7. The molecular formula is C26H36N2O4. The molecule has 0 aromatic heterocycles. The second-order valence-electron chi connectivity index (χ2n) is 10.9. The average molecular weight is 441 g/mol. The van der Waals surface area contributed by atoms with Crippen LogP contribution < -0.4 is 10.1 Å². The van der Waals surface area contributed by atoms with Gasteiger partial charge < -0.3 is 19.7 Å². The van der Waals surface area contributed by atoms with Crippen LogP contribution >= 0.6 is 0 Å². The van der Waals surface area contributed by atoms with E-state index >= 15 is 0 Å². The number of nitrogens with zero attached hydrogens (tertiary/aromatic N) is 1. The Morgan fingerprint density at radius 1 is 1.28 bits per heavy atom. The summed E-state index contributed by atoms with van der Waals surface area (Å²) < 4.78 is 12.2. The lowest BCUT2D eigenvalue weighted by Crippen LogP contribution is -2.58. The van der Waals surface area contributed by atoms with Gasteiger partial charge in [-0.05, 0) is 66.0 Å². The topological polar surface area (TPSA) is 67.9 Å². The maximum atomic E-state index is 12.0. The first-order chi connectivity index (χ1) is 15.3. The van der Waals surface area contributed by atoms with Crippen LogP contribution in [0.2, 0.25) is 0 Å². The number of rotatable bonds is 6. The van der Waals surface area contributed by atoms with Crippen molar-refractivity contribution in [2.24, 2.45) is 22.7 Å². The summed E-state index contributed by atoms with van der Waals surface area (Å²) in [5.41, 5.74) is 1.45. The van der Waals surface area contributed by atoms with Crippen LogP contribution in [0.25, 0.3) is 0 Å².